The lowest BCUT2D eigenvalue weighted by atomic mass is 10.1. The fraction of sp³-hybridized carbons (Fsp3) is 0.571. The predicted molar refractivity (Wildman–Crippen MR) is 83.2 cm³/mol. The summed E-state index contributed by atoms with van der Waals surface area (Å²) in [6.45, 7) is 6.37. The zero-order valence-electron chi connectivity index (χ0n) is 12.2. The van der Waals surface area contributed by atoms with Crippen LogP contribution in [0.3, 0.4) is 0 Å². The molecule has 4 nitrogen and oxygen atoms in total. The molecule has 0 aromatic heterocycles. The van der Waals surface area contributed by atoms with Crippen molar-refractivity contribution in [3.05, 3.63) is 28.8 Å². The van der Waals surface area contributed by atoms with Crippen molar-refractivity contribution in [2.75, 3.05) is 0 Å². The van der Waals surface area contributed by atoms with Gasteiger partial charge in [-0.25, -0.2) is 13.1 Å². The van der Waals surface area contributed by atoms with Crippen molar-refractivity contribution in [3.8, 4) is 0 Å². The maximum atomic E-state index is 12.3. The van der Waals surface area contributed by atoms with Gasteiger partial charge in [0.1, 0.15) is 4.90 Å². The standard InChI is InChI=1S/C14H23ClN2O2S/c1-10(2)4-5-11(3)17-20(18,19)14-8-12(9-16)6-7-13(14)15/h6-8,10-11,17H,4-5,9,16H2,1-3H3. The molecule has 6 heteroatoms. The summed E-state index contributed by atoms with van der Waals surface area (Å²) in [5.41, 5.74) is 6.28. The Hall–Kier alpha value is -0.620. The van der Waals surface area contributed by atoms with Crippen LogP contribution in [0.1, 0.15) is 39.2 Å². The van der Waals surface area contributed by atoms with E-state index in [4.69, 9.17) is 17.3 Å². The summed E-state index contributed by atoms with van der Waals surface area (Å²) < 4.78 is 27.3. The Kier molecular flexibility index (Phi) is 6.45. The Bertz CT molecular complexity index is 544. The van der Waals surface area contributed by atoms with E-state index in [1.165, 1.54) is 6.07 Å². The summed E-state index contributed by atoms with van der Waals surface area (Å²) in [4.78, 5) is 0.0958. The summed E-state index contributed by atoms with van der Waals surface area (Å²) >= 11 is 5.99. The van der Waals surface area contributed by atoms with E-state index < -0.39 is 10.0 Å². The smallest absolute Gasteiger partial charge is 0.242 e. The third-order valence-corrected chi connectivity index (χ3v) is 5.13. The predicted octanol–water partition coefficient (Wildman–Crippen LogP) is 2.90. The molecule has 0 aliphatic heterocycles. The molecule has 0 fully saturated rings. The first-order chi connectivity index (χ1) is 9.26. The lowest BCUT2D eigenvalue weighted by Crippen LogP contribution is -2.33. The van der Waals surface area contributed by atoms with Crippen LogP contribution in [0.2, 0.25) is 5.02 Å². The second kappa shape index (κ2) is 7.41. The molecule has 1 aromatic carbocycles. The van der Waals surface area contributed by atoms with Crippen molar-refractivity contribution in [3.63, 3.8) is 0 Å². The Morgan fingerprint density at radius 2 is 1.90 bits per heavy atom. The van der Waals surface area contributed by atoms with Crippen LogP contribution < -0.4 is 10.5 Å². The molecule has 1 aromatic rings. The lowest BCUT2D eigenvalue weighted by Gasteiger charge is -2.16. The Labute approximate surface area is 126 Å². The van der Waals surface area contributed by atoms with E-state index >= 15 is 0 Å². The molecule has 3 N–H and O–H groups in total. The molecular formula is C14H23ClN2O2S. The van der Waals surface area contributed by atoms with E-state index in [9.17, 15) is 8.42 Å². The van der Waals surface area contributed by atoms with Gasteiger partial charge in [0, 0.05) is 12.6 Å². The number of halogens is 1. The Balaban J connectivity index is 2.88. The third-order valence-electron chi connectivity index (χ3n) is 3.05. The first kappa shape index (κ1) is 17.4. The van der Waals surface area contributed by atoms with Gasteiger partial charge in [0.25, 0.3) is 0 Å². The van der Waals surface area contributed by atoms with E-state index in [1.807, 2.05) is 6.92 Å². The highest BCUT2D eigenvalue weighted by molar-refractivity contribution is 7.89. The normalized spacial score (nSPS) is 13.7. The summed E-state index contributed by atoms with van der Waals surface area (Å²) in [7, 11) is -3.61. The molecule has 0 saturated heterocycles. The highest BCUT2D eigenvalue weighted by atomic mass is 35.5. The lowest BCUT2D eigenvalue weighted by molar-refractivity contribution is 0.485. The second-order valence-corrected chi connectivity index (χ2v) is 7.55. The monoisotopic (exact) mass is 318 g/mol. The van der Waals surface area contributed by atoms with E-state index in [1.54, 1.807) is 12.1 Å². The van der Waals surface area contributed by atoms with Crippen molar-refractivity contribution in [2.45, 2.75) is 51.1 Å². The van der Waals surface area contributed by atoms with Crippen LogP contribution in [0.25, 0.3) is 0 Å². The number of sulfonamides is 1. The topological polar surface area (TPSA) is 72.2 Å². The molecule has 0 saturated carbocycles. The molecule has 0 bridgehead atoms. The average Bonchev–Trinajstić information content (AvgIpc) is 2.36. The molecule has 0 aliphatic rings. The quantitative estimate of drug-likeness (QED) is 0.812. The fourth-order valence-corrected chi connectivity index (χ4v) is 3.68. The first-order valence-electron chi connectivity index (χ1n) is 6.77. The highest BCUT2D eigenvalue weighted by Gasteiger charge is 2.20. The van der Waals surface area contributed by atoms with Crippen LogP contribution in [-0.2, 0) is 16.6 Å². The van der Waals surface area contributed by atoms with Gasteiger partial charge < -0.3 is 5.73 Å². The Morgan fingerprint density at radius 3 is 2.45 bits per heavy atom. The van der Waals surface area contributed by atoms with Gasteiger partial charge in [0.05, 0.1) is 5.02 Å². The molecule has 0 aliphatic carbocycles. The van der Waals surface area contributed by atoms with Crippen molar-refractivity contribution in [1.29, 1.82) is 0 Å². The minimum Gasteiger partial charge on any atom is -0.326 e. The van der Waals surface area contributed by atoms with Crippen LogP contribution in [0, 0.1) is 5.92 Å². The molecule has 0 spiro atoms. The van der Waals surface area contributed by atoms with Crippen molar-refractivity contribution < 1.29 is 8.42 Å². The van der Waals surface area contributed by atoms with Crippen molar-refractivity contribution in [1.82, 2.24) is 4.72 Å². The highest BCUT2D eigenvalue weighted by Crippen LogP contribution is 2.23. The zero-order chi connectivity index (χ0) is 15.3. The molecule has 0 radical (unpaired) electrons. The van der Waals surface area contributed by atoms with E-state index in [0.717, 1.165) is 18.4 Å². The van der Waals surface area contributed by atoms with Gasteiger partial charge in [-0.15, -0.1) is 0 Å². The number of hydrogen-bond donors (Lipinski definition) is 2. The van der Waals surface area contributed by atoms with E-state index in [2.05, 4.69) is 18.6 Å². The van der Waals surface area contributed by atoms with Crippen LogP contribution in [0.4, 0.5) is 0 Å². The number of nitrogens with one attached hydrogen (secondary N) is 1. The van der Waals surface area contributed by atoms with Crippen LogP contribution in [-0.4, -0.2) is 14.5 Å². The van der Waals surface area contributed by atoms with Gasteiger partial charge in [-0.1, -0.05) is 31.5 Å². The van der Waals surface area contributed by atoms with E-state index in [-0.39, 0.29) is 22.5 Å². The van der Waals surface area contributed by atoms with Crippen molar-refractivity contribution >= 4 is 21.6 Å². The minimum absolute atomic E-state index is 0.0958. The SMILES string of the molecule is CC(C)CCC(C)NS(=O)(=O)c1cc(CN)ccc1Cl. The summed E-state index contributed by atoms with van der Waals surface area (Å²) in [6, 6.07) is 4.69. The summed E-state index contributed by atoms with van der Waals surface area (Å²) in [5.74, 6) is 0.547. The largest absolute Gasteiger partial charge is 0.326 e. The maximum absolute atomic E-state index is 12.3. The van der Waals surface area contributed by atoms with Crippen molar-refractivity contribution in [2.24, 2.45) is 11.7 Å². The number of hydrogen-bond acceptors (Lipinski definition) is 3. The van der Waals surface area contributed by atoms with Gasteiger partial charge in [0.15, 0.2) is 0 Å². The van der Waals surface area contributed by atoms with Crippen LogP contribution in [0.5, 0.6) is 0 Å². The van der Waals surface area contributed by atoms with Crippen LogP contribution in [0.15, 0.2) is 23.1 Å². The minimum atomic E-state index is -3.61. The Morgan fingerprint density at radius 1 is 1.25 bits per heavy atom. The maximum Gasteiger partial charge on any atom is 0.242 e. The summed E-state index contributed by atoms with van der Waals surface area (Å²) in [5, 5.41) is 0.214. The fourth-order valence-electron chi connectivity index (χ4n) is 1.85. The number of rotatable bonds is 7. The second-order valence-electron chi connectivity index (χ2n) is 5.46. The van der Waals surface area contributed by atoms with Crippen LogP contribution >= 0.6 is 11.6 Å². The summed E-state index contributed by atoms with van der Waals surface area (Å²) in [6.07, 6.45) is 1.77. The van der Waals surface area contributed by atoms with Gasteiger partial charge in [-0.2, -0.15) is 0 Å². The molecule has 1 unspecified atom stereocenters. The van der Waals surface area contributed by atoms with Gasteiger partial charge >= 0.3 is 0 Å². The molecule has 0 heterocycles. The van der Waals surface area contributed by atoms with Gasteiger partial charge in [0.2, 0.25) is 10.0 Å². The third kappa shape index (κ3) is 5.05. The number of nitrogens with two attached hydrogens (primary N) is 1. The molecule has 1 atom stereocenters. The number of benzene rings is 1. The molecule has 1 rings (SSSR count). The van der Waals surface area contributed by atoms with Gasteiger partial charge in [-0.3, -0.25) is 0 Å². The molecular weight excluding hydrogens is 296 g/mol. The van der Waals surface area contributed by atoms with E-state index in [0.29, 0.717) is 5.92 Å². The van der Waals surface area contributed by atoms with Gasteiger partial charge in [-0.05, 0) is 43.4 Å². The average molecular weight is 319 g/mol. The molecule has 20 heavy (non-hydrogen) atoms. The zero-order valence-corrected chi connectivity index (χ0v) is 13.8. The molecule has 114 valence electrons. The first-order valence-corrected chi connectivity index (χ1v) is 8.63. The molecule has 0 amide bonds.